The first-order valence-electron chi connectivity index (χ1n) is 9.12. The highest BCUT2D eigenvalue weighted by molar-refractivity contribution is 5.58. The molecular weight excluding hydrogens is 356 g/mol. The van der Waals surface area contributed by atoms with Crippen molar-refractivity contribution in [2.45, 2.75) is 19.4 Å². The number of benzene rings is 1. The zero-order chi connectivity index (χ0) is 20.4. The molecule has 0 saturated carbocycles. The molecule has 1 aromatic carbocycles. The average molecular weight is 381 g/mol. The van der Waals surface area contributed by atoms with Crippen LogP contribution < -0.4 is 25.7 Å². The number of hydrogen-bond donors (Lipinski definition) is 2. The minimum absolute atomic E-state index is 0.0141. The van der Waals surface area contributed by atoms with Crippen molar-refractivity contribution in [3.63, 3.8) is 0 Å². The van der Waals surface area contributed by atoms with Crippen LogP contribution in [0.25, 0.3) is 0 Å². The predicted molar refractivity (Wildman–Crippen MR) is 105 cm³/mol. The Morgan fingerprint density at radius 2 is 2.07 bits per heavy atom. The summed E-state index contributed by atoms with van der Waals surface area (Å²) in [6.07, 6.45) is 0. The summed E-state index contributed by atoms with van der Waals surface area (Å²) >= 11 is 0. The fraction of sp³-hybridized carbons (Fsp3) is 0.333. The van der Waals surface area contributed by atoms with E-state index in [9.17, 15) is 10.1 Å². The Bertz CT molecular complexity index is 1030. The topological polar surface area (TPSA) is 94.7 Å². The van der Waals surface area contributed by atoms with Crippen LogP contribution in [-0.4, -0.2) is 32.3 Å². The van der Waals surface area contributed by atoms with E-state index in [2.05, 4.69) is 6.07 Å². The third-order valence-electron chi connectivity index (χ3n) is 4.98. The molecular formula is C21H25N4O3+. The number of allylic oxidation sites excluding steroid dienone is 1. The molecule has 1 aliphatic heterocycles. The van der Waals surface area contributed by atoms with E-state index in [1.165, 1.54) is 4.90 Å². The molecule has 3 N–H and O–H groups in total. The van der Waals surface area contributed by atoms with Gasteiger partial charge in [-0.15, -0.1) is 0 Å². The van der Waals surface area contributed by atoms with Crippen molar-refractivity contribution < 1.29 is 14.4 Å². The van der Waals surface area contributed by atoms with Gasteiger partial charge in [-0.1, -0.05) is 18.2 Å². The number of pyridine rings is 1. The third kappa shape index (κ3) is 3.35. The first kappa shape index (κ1) is 19.5. The van der Waals surface area contributed by atoms with Crippen LogP contribution in [0.2, 0.25) is 0 Å². The molecule has 0 unspecified atom stereocenters. The van der Waals surface area contributed by atoms with Gasteiger partial charge in [-0.2, -0.15) is 5.26 Å². The van der Waals surface area contributed by atoms with Gasteiger partial charge >= 0.3 is 0 Å². The summed E-state index contributed by atoms with van der Waals surface area (Å²) in [4.78, 5) is 14.7. The lowest BCUT2D eigenvalue weighted by Crippen LogP contribution is -3.06. The maximum absolute atomic E-state index is 13.5. The van der Waals surface area contributed by atoms with Gasteiger partial charge in [0.1, 0.15) is 23.1 Å². The van der Waals surface area contributed by atoms with Crippen molar-refractivity contribution >= 4 is 0 Å². The zero-order valence-electron chi connectivity index (χ0n) is 16.6. The molecule has 28 heavy (non-hydrogen) atoms. The van der Waals surface area contributed by atoms with Gasteiger partial charge < -0.3 is 24.7 Å². The Kier molecular flexibility index (Phi) is 5.43. The van der Waals surface area contributed by atoms with Gasteiger partial charge in [0.25, 0.3) is 5.56 Å². The van der Waals surface area contributed by atoms with Gasteiger partial charge in [0.05, 0.1) is 45.8 Å². The van der Waals surface area contributed by atoms with E-state index in [4.69, 9.17) is 15.2 Å². The molecule has 0 amide bonds. The van der Waals surface area contributed by atoms with Crippen molar-refractivity contribution in [3.8, 4) is 17.6 Å². The lowest BCUT2D eigenvalue weighted by Gasteiger charge is -2.28. The van der Waals surface area contributed by atoms with E-state index in [1.807, 2.05) is 45.3 Å². The van der Waals surface area contributed by atoms with Crippen LogP contribution in [0.5, 0.6) is 11.5 Å². The number of hydrogen-bond acceptors (Lipinski definition) is 5. The molecule has 146 valence electrons. The van der Waals surface area contributed by atoms with Gasteiger partial charge in [-0.05, 0) is 13.0 Å². The molecule has 1 atom stereocenters. The number of para-hydroxylation sites is 1. The number of methoxy groups -OCH3 is 1. The highest BCUT2D eigenvalue weighted by Gasteiger charge is 2.35. The molecule has 0 aliphatic carbocycles. The summed E-state index contributed by atoms with van der Waals surface area (Å²) in [5.41, 5.74) is 7.99. The minimum Gasteiger partial charge on any atom is -0.496 e. The maximum Gasteiger partial charge on any atom is 0.258 e. The Morgan fingerprint density at radius 3 is 2.71 bits per heavy atom. The molecule has 7 heteroatoms. The van der Waals surface area contributed by atoms with E-state index in [1.54, 1.807) is 17.7 Å². The summed E-state index contributed by atoms with van der Waals surface area (Å²) in [6, 6.07) is 11.3. The molecule has 1 aliphatic rings. The number of aromatic nitrogens is 1. The van der Waals surface area contributed by atoms with E-state index >= 15 is 0 Å². The summed E-state index contributed by atoms with van der Waals surface area (Å²) in [5, 5.41) is 9.75. The first-order chi connectivity index (χ1) is 13.4. The van der Waals surface area contributed by atoms with E-state index in [0.29, 0.717) is 29.2 Å². The highest BCUT2D eigenvalue weighted by atomic mass is 16.5. The van der Waals surface area contributed by atoms with Crippen LogP contribution in [0.3, 0.4) is 0 Å². The number of likely N-dealkylation sites (N-methyl/N-ethyl adjacent to an activating group) is 1. The number of nitrogens with two attached hydrogens (primary N) is 1. The summed E-state index contributed by atoms with van der Waals surface area (Å²) < 4.78 is 12.9. The van der Waals surface area contributed by atoms with Crippen molar-refractivity contribution in [2.24, 2.45) is 5.73 Å². The van der Waals surface area contributed by atoms with Crippen molar-refractivity contribution in [1.29, 1.82) is 5.26 Å². The van der Waals surface area contributed by atoms with Crippen LogP contribution in [0, 0.1) is 18.3 Å². The molecule has 0 saturated heterocycles. The van der Waals surface area contributed by atoms with Gasteiger partial charge in [-0.25, -0.2) is 0 Å². The monoisotopic (exact) mass is 381 g/mol. The molecule has 7 nitrogen and oxygen atoms in total. The van der Waals surface area contributed by atoms with Crippen LogP contribution in [0.4, 0.5) is 0 Å². The predicted octanol–water partition coefficient (Wildman–Crippen LogP) is 0.528. The number of rotatable bonds is 5. The number of nitrogens with one attached hydrogen (secondary N) is 1. The summed E-state index contributed by atoms with van der Waals surface area (Å²) in [7, 11) is 5.64. The maximum atomic E-state index is 13.5. The SMILES string of the molecule is COc1ccccc1[C@H]1C(C#N)=C(N)Oc2cc(C)n(CC[NH+](C)C)c(=O)c21. The van der Waals surface area contributed by atoms with Crippen molar-refractivity contribution in [1.82, 2.24) is 4.57 Å². The lowest BCUT2D eigenvalue weighted by atomic mass is 9.83. The number of quaternary nitrogens is 1. The smallest absolute Gasteiger partial charge is 0.258 e. The Morgan fingerprint density at radius 1 is 1.36 bits per heavy atom. The van der Waals surface area contributed by atoms with Gasteiger partial charge in [0, 0.05) is 17.3 Å². The van der Waals surface area contributed by atoms with E-state index in [0.717, 1.165) is 12.2 Å². The molecule has 0 radical (unpaired) electrons. The molecule has 1 aromatic heterocycles. The van der Waals surface area contributed by atoms with Gasteiger partial charge in [0.2, 0.25) is 5.88 Å². The Labute approximate surface area is 164 Å². The number of ether oxygens (including phenoxy) is 2. The van der Waals surface area contributed by atoms with Crippen LogP contribution in [-0.2, 0) is 6.54 Å². The standard InChI is InChI=1S/C21H24N4O3/c1-13-11-17-19(21(26)25(13)10-9-24(2)3)18(15(12-22)20(23)28-17)14-7-5-6-8-16(14)27-4/h5-8,11,18H,9-10,23H2,1-4H3/p+1/t18-/m0/s1. The quantitative estimate of drug-likeness (QED) is 0.788. The van der Waals surface area contributed by atoms with Crippen LogP contribution in [0.15, 0.2) is 46.6 Å². The second-order valence-electron chi connectivity index (χ2n) is 7.14. The fourth-order valence-electron chi connectivity index (χ4n) is 3.52. The summed E-state index contributed by atoms with van der Waals surface area (Å²) in [6.45, 7) is 3.23. The number of aryl methyl sites for hydroxylation is 1. The highest BCUT2D eigenvalue weighted by Crippen LogP contribution is 2.43. The molecule has 2 heterocycles. The molecule has 2 aromatic rings. The second-order valence-corrected chi connectivity index (χ2v) is 7.14. The number of nitriles is 1. The molecule has 3 rings (SSSR count). The largest absolute Gasteiger partial charge is 0.496 e. The summed E-state index contributed by atoms with van der Waals surface area (Å²) in [5.74, 6) is 0.352. The Hall–Kier alpha value is -3.24. The average Bonchev–Trinajstić information content (AvgIpc) is 2.66. The normalized spacial score (nSPS) is 15.8. The van der Waals surface area contributed by atoms with Crippen LogP contribution >= 0.6 is 0 Å². The number of nitrogens with zero attached hydrogens (tertiary/aromatic N) is 2. The molecule has 0 bridgehead atoms. The first-order valence-corrected chi connectivity index (χ1v) is 9.12. The third-order valence-corrected chi connectivity index (χ3v) is 4.98. The van der Waals surface area contributed by atoms with E-state index in [-0.39, 0.29) is 17.0 Å². The van der Waals surface area contributed by atoms with Crippen molar-refractivity contribution in [3.05, 3.63) is 69.0 Å². The van der Waals surface area contributed by atoms with Gasteiger partial charge in [-0.3, -0.25) is 4.79 Å². The van der Waals surface area contributed by atoms with Gasteiger partial charge in [0.15, 0.2) is 0 Å². The van der Waals surface area contributed by atoms with Crippen molar-refractivity contribution in [2.75, 3.05) is 27.7 Å². The zero-order valence-corrected chi connectivity index (χ0v) is 16.6. The molecule has 0 spiro atoms. The molecule has 0 fully saturated rings. The fourth-order valence-corrected chi connectivity index (χ4v) is 3.52. The van der Waals surface area contributed by atoms with E-state index < -0.39 is 5.92 Å². The Balaban J connectivity index is 2.27. The lowest BCUT2D eigenvalue weighted by molar-refractivity contribution is -0.858. The number of fused-ring (bicyclic) bond motifs is 1. The van der Waals surface area contributed by atoms with Crippen LogP contribution in [0.1, 0.15) is 22.7 Å². The minimum atomic E-state index is -0.643. The second kappa shape index (κ2) is 7.79.